The second kappa shape index (κ2) is 9.35. The zero-order chi connectivity index (χ0) is 21.0. The number of thiazole rings is 1. The quantitative estimate of drug-likeness (QED) is 0.579. The van der Waals surface area contributed by atoms with Crippen molar-refractivity contribution in [3.8, 4) is 11.3 Å². The minimum Gasteiger partial charge on any atom is -0.375 e. The van der Waals surface area contributed by atoms with Crippen molar-refractivity contribution >= 4 is 11.3 Å². The van der Waals surface area contributed by atoms with Crippen molar-refractivity contribution in [3.05, 3.63) is 62.6 Å². The number of pyridine rings is 1. The predicted molar refractivity (Wildman–Crippen MR) is 119 cm³/mol. The number of rotatable bonds is 6. The average Bonchev–Trinajstić information content (AvgIpc) is 3.22. The Morgan fingerprint density at radius 3 is 2.74 bits per heavy atom. The average molecular weight is 439 g/mol. The zero-order valence-corrected chi connectivity index (χ0v) is 18.3. The van der Waals surface area contributed by atoms with E-state index in [2.05, 4.69) is 19.9 Å². The van der Waals surface area contributed by atoms with Crippen LogP contribution in [0.2, 0.25) is 0 Å². The van der Waals surface area contributed by atoms with Gasteiger partial charge in [0.15, 0.2) is 0 Å². The first-order valence-electron chi connectivity index (χ1n) is 10.7. The van der Waals surface area contributed by atoms with Crippen LogP contribution in [0.5, 0.6) is 0 Å². The van der Waals surface area contributed by atoms with E-state index in [1.807, 2.05) is 12.1 Å². The lowest BCUT2D eigenvalue weighted by Crippen LogP contribution is -2.47. The fraction of sp³-hybridized carbons (Fsp3) is 0.455. The summed E-state index contributed by atoms with van der Waals surface area (Å²) in [7, 11) is 0. The summed E-state index contributed by atoms with van der Waals surface area (Å²) in [5.74, 6) is 0. The molecule has 31 heavy (non-hydrogen) atoms. The van der Waals surface area contributed by atoms with Gasteiger partial charge in [-0.05, 0) is 18.2 Å². The standard InChI is InChI=1S/C22H26N6O2S/c29-22-4-3-18(17-2-1-6-23-14-17)25-28(22)12-11-26-7-9-27(10-8-26)15-21-24-19-5-13-30-16-20(19)31-21/h1-4,6,14H,5,7-13,15-16H2. The lowest BCUT2D eigenvalue weighted by molar-refractivity contribution is 0.112. The van der Waals surface area contributed by atoms with E-state index in [-0.39, 0.29) is 5.56 Å². The fourth-order valence-corrected chi connectivity index (χ4v) is 5.12. The van der Waals surface area contributed by atoms with Crippen LogP contribution in [0.1, 0.15) is 15.6 Å². The van der Waals surface area contributed by atoms with E-state index in [0.29, 0.717) is 6.54 Å². The molecule has 162 valence electrons. The highest BCUT2D eigenvalue weighted by molar-refractivity contribution is 7.11. The summed E-state index contributed by atoms with van der Waals surface area (Å²) in [5, 5.41) is 5.74. The Labute approximate surface area is 185 Å². The Morgan fingerprint density at radius 2 is 1.94 bits per heavy atom. The lowest BCUT2D eigenvalue weighted by atomic mass is 10.2. The van der Waals surface area contributed by atoms with Crippen molar-refractivity contribution in [3.63, 3.8) is 0 Å². The Balaban J connectivity index is 1.14. The number of fused-ring (bicyclic) bond motifs is 1. The van der Waals surface area contributed by atoms with Gasteiger partial charge in [0.25, 0.3) is 5.56 Å². The summed E-state index contributed by atoms with van der Waals surface area (Å²) in [4.78, 5) is 27.4. The van der Waals surface area contributed by atoms with Crippen LogP contribution in [-0.4, -0.2) is 68.9 Å². The van der Waals surface area contributed by atoms with Crippen molar-refractivity contribution in [1.29, 1.82) is 0 Å². The molecule has 0 saturated carbocycles. The largest absolute Gasteiger partial charge is 0.375 e. The molecule has 0 radical (unpaired) electrons. The molecule has 0 aromatic carbocycles. The highest BCUT2D eigenvalue weighted by Crippen LogP contribution is 2.24. The Kier molecular flexibility index (Phi) is 6.17. The van der Waals surface area contributed by atoms with E-state index in [0.717, 1.165) is 70.2 Å². The first-order valence-corrected chi connectivity index (χ1v) is 11.5. The zero-order valence-electron chi connectivity index (χ0n) is 17.4. The van der Waals surface area contributed by atoms with Crippen LogP contribution >= 0.6 is 11.3 Å². The summed E-state index contributed by atoms with van der Waals surface area (Å²) < 4.78 is 7.10. The molecule has 8 nitrogen and oxygen atoms in total. The monoisotopic (exact) mass is 438 g/mol. The number of nitrogens with zero attached hydrogens (tertiary/aromatic N) is 6. The van der Waals surface area contributed by atoms with Crippen LogP contribution in [0.4, 0.5) is 0 Å². The molecule has 0 N–H and O–H groups in total. The third kappa shape index (κ3) is 4.90. The maximum atomic E-state index is 12.3. The van der Waals surface area contributed by atoms with E-state index in [4.69, 9.17) is 9.72 Å². The van der Waals surface area contributed by atoms with E-state index in [1.165, 1.54) is 15.6 Å². The molecule has 0 aliphatic carbocycles. The molecule has 2 aliphatic heterocycles. The summed E-state index contributed by atoms with van der Waals surface area (Å²) in [5.41, 5.74) is 2.86. The SMILES string of the molecule is O=c1ccc(-c2cccnc2)nn1CCN1CCN(Cc2nc3c(s2)COCC3)CC1. The van der Waals surface area contributed by atoms with E-state index in [9.17, 15) is 4.79 Å². The first-order chi connectivity index (χ1) is 15.2. The number of hydrogen-bond donors (Lipinski definition) is 0. The topological polar surface area (TPSA) is 76.4 Å². The van der Waals surface area contributed by atoms with Gasteiger partial charge in [0, 0.05) is 63.2 Å². The fourth-order valence-electron chi connectivity index (χ4n) is 4.02. The molecule has 3 aromatic rings. The highest BCUT2D eigenvalue weighted by atomic mass is 32.1. The summed E-state index contributed by atoms with van der Waals surface area (Å²) in [6.45, 7) is 7.84. The molecular weight excluding hydrogens is 412 g/mol. The van der Waals surface area contributed by atoms with Gasteiger partial charge < -0.3 is 4.74 Å². The smallest absolute Gasteiger partial charge is 0.266 e. The molecule has 1 saturated heterocycles. The van der Waals surface area contributed by atoms with Gasteiger partial charge in [0.2, 0.25) is 0 Å². The molecule has 0 bridgehead atoms. The summed E-state index contributed by atoms with van der Waals surface area (Å²) in [6.07, 6.45) is 4.44. The summed E-state index contributed by atoms with van der Waals surface area (Å²) in [6, 6.07) is 7.18. The maximum Gasteiger partial charge on any atom is 0.266 e. The highest BCUT2D eigenvalue weighted by Gasteiger charge is 2.20. The molecule has 1 fully saturated rings. The van der Waals surface area contributed by atoms with Crippen LogP contribution in [0.25, 0.3) is 11.3 Å². The van der Waals surface area contributed by atoms with E-state index >= 15 is 0 Å². The third-order valence-electron chi connectivity index (χ3n) is 5.81. The van der Waals surface area contributed by atoms with E-state index < -0.39 is 0 Å². The molecular formula is C22H26N6O2S. The summed E-state index contributed by atoms with van der Waals surface area (Å²) >= 11 is 1.80. The minimum atomic E-state index is -0.0667. The maximum absolute atomic E-state index is 12.3. The van der Waals surface area contributed by atoms with Crippen LogP contribution in [0, 0.1) is 0 Å². The Hall–Kier alpha value is -2.46. The first kappa shape index (κ1) is 20.4. The van der Waals surface area contributed by atoms with Crippen molar-refractivity contribution in [2.45, 2.75) is 26.1 Å². The van der Waals surface area contributed by atoms with Gasteiger partial charge in [-0.2, -0.15) is 5.10 Å². The molecule has 2 aliphatic rings. The number of hydrogen-bond acceptors (Lipinski definition) is 8. The van der Waals surface area contributed by atoms with Gasteiger partial charge in [-0.1, -0.05) is 0 Å². The molecule has 5 rings (SSSR count). The molecule has 0 unspecified atom stereocenters. The third-order valence-corrected chi connectivity index (χ3v) is 6.87. The van der Waals surface area contributed by atoms with Crippen LogP contribution in [0.3, 0.4) is 0 Å². The van der Waals surface area contributed by atoms with E-state index in [1.54, 1.807) is 40.5 Å². The molecule has 3 aromatic heterocycles. The van der Waals surface area contributed by atoms with Crippen molar-refractivity contribution in [2.75, 3.05) is 39.3 Å². The second-order valence-electron chi connectivity index (χ2n) is 7.92. The van der Waals surface area contributed by atoms with Crippen LogP contribution in [-0.2, 0) is 30.9 Å². The van der Waals surface area contributed by atoms with Gasteiger partial charge in [-0.25, -0.2) is 9.67 Å². The van der Waals surface area contributed by atoms with Crippen molar-refractivity contribution < 1.29 is 4.74 Å². The molecule has 0 spiro atoms. The Morgan fingerprint density at radius 1 is 1.06 bits per heavy atom. The minimum absolute atomic E-state index is 0.0667. The molecule has 5 heterocycles. The number of ether oxygens (including phenoxy) is 1. The Bertz CT molecular complexity index is 1050. The number of aromatic nitrogens is 4. The van der Waals surface area contributed by atoms with Gasteiger partial charge in [-0.3, -0.25) is 19.6 Å². The van der Waals surface area contributed by atoms with Gasteiger partial charge in [-0.15, -0.1) is 11.3 Å². The predicted octanol–water partition coefficient (Wildman–Crippen LogP) is 1.65. The van der Waals surface area contributed by atoms with Gasteiger partial charge in [0.1, 0.15) is 5.01 Å². The second-order valence-corrected chi connectivity index (χ2v) is 9.09. The van der Waals surface area contributed by atoms with Crippen molar-refractivity contribution in [2.24, 2.45) is 0 Å². The molecule has 9 heteroatoms. The van der Waals surface area contributed by atoms with Crippen molar-refractivity contribution in [1.82, 2.24) is 29.5 Å². The molecule has 0 atom stereocenters. The normalized spacial score (nSPS) is 17.5. The van der Waals surface area contributed by atoms with Gasteiger partial charge >= 0.3 is 0 Å². The van der Waals surface area contributed by atoms with Gasteiger partial charge in [0.05, 0.1) is 42.6 Å². The number of piperazine rings is 1. The van der Waals surface area contributed by atoms with Crippen LogP contribution < -0.4 is 5.56 Å². The molecule has 0 amide bonds. The van der Waals surface area contributed by atoms with Crippen LogP contribution in [0.15, 0.2) is 41.5 Å². The lowest BCUT2D eigenvalue weighted by Gasteiger charge is -2.34.